The number of allylic oxidation sites excluding steroid dienone is 1. The monoisotopic (exact) mass is 239 g/mol. The summed E-state index contributed by atoms with van der Waals surface area (Å²) >= 11 is 0. The molecule has 0 amide bonds. The van der Waals surface area contributed by atoms with E-state index in [2.05, 4.69) is 18.3 Å². The van der Waals surface area contributed by atoms with E-state index in [4.69, 9.17) is 4.74 Å². The van der Waals surface area contributed by atoms with Crippen LogP contribution in [0.5, 0.6) is 0 Å². The maximum Gasteiger partial charge on any atom is 0.0462 e. The van der Waals surface area contributed by atoms with Gasteiger partial charge in [-0.25, -0.2) is 0 Å². The van der Waals surface area contributed by atoms with E-state index >= 15 is 0 Å². The molecule has 1 aliphatic carbocycles. The Morgan fingerprint density at radius 1 is 1.29 bits per heavy atom. The van der Waals surface area contributed by atoms with Gasteiger partial charge in [-0.15, -0.1) is 0 Å². The first kappa shape index (κ1) is 14.7. The molecule has 0 heterocycles. The van der Waals surface area contributed by atoms with Gasteiger partial charge in [0, 0.05) is 19.8 Å². The van der Waals surface area contributed by atoms with Gasteiger partial charge < -0.3 is 10.1 Å². The van der Waals surface area contributed by atoms with Crippen molar-refractivity contribution in [2.24, 2.45) is 0 Å². The van der Waals surface area contributed by atoms with Crippen molar-refractivity contribution in [2.45, 2.75) is 64.3 Å². The van der Waals surface area contributed by atoms with E-state index in [1.807, 2.05) is 0 Å². The average Bonchev–Trinajstić information content (AvgIpc) is 2.28. The van der Waals surface area contributed by atoms with Gasteiger partial charge >= 0.3 is 0 Å². The Kier molecular flexibility index (Phi) is 8.37. The number of methoxy groups -OCH3 is 1. The van der Waals surface area contributed by atoms with Gasteiger partial charge in [-0.3, -0.25) is 0 Å². The van der Waals surface area contributed by atoms with Gasteiger partial charge in [0.15, 0.2) is 0 Å². The third kappa shape index (κ3) is 6.23. The standard InChI is InChI=1S/C15H29NO/c1-3-16-15(12-9-13-17-2)14-10-7-5-4-6-8-11-14/h10,15-16H,3-9,11-13H2,1-2H3. The van der Waals surface area contributed by atoms with Crippen LogP contribution in [0.3, 0.4) is 0 Å². The van der Waals surface area contributed by atoms with Crippen LogP contribution < -0.4 is 5.32 Å². The second kappa shape index (κ2) is 9.67. The van der Waals surface area contributed by atoms with Crippen LogP contribution in [0, 0.1) is 0 Å². The quantitative estimate of drug-likeness (QED) is 0.540. The number of nitrogens with one attached hydrogen (secondary N) is 1. The Hall–Kier alpha value is -0.340. The normalized spacial score (nSPS) is 19.3. The van der Waals surface area contributed by atoms with E-state index in [9.17, 15) is 0 Å². The fraction of sp³-hybridized carbons (Fsp3) is 0.867. The maximum atomic E-state index is 5.16. The van der Waals surface area contributed by atoms with Crippen LogP contribution in [0.2, 0.25) is 0 Å². The highest BCUT2D eigenvalue weighted by atomic mass is 16.5. The Morgan fingerprint density at radius 2 is 2.12 bits per heavy atom. The zero-order valence-electron chi connectivity index (χ0n) is 11.6. The van der Waals surface area contributed by atoms with E-state index in [1.54, 1.807) is 12.7 Å². The zero-order chi connectivity index (χ0) is 12.3. The lowest BCUT2D eigenvalue weighted by Gasteiger charge is -2.23. The number of hydrogen-bond acceptors (Lipinski definition) is 2. The minimum atomic E-state index is 0.591. The summed E-state index contributed by atoms with van der Waals surface area (Å²) in [5.74, 6) is 0. The topological polar surface area (TPSA) is 21.3 Å². The summed E-state index contributed by atoms with van der Waals surface area (Å²) in [6, 6.07) is 0.591. The molecular weight excluding hydrogens is 210 g/mol. The molecule has 0 radical (unpaired) electrons. The van der Waals surface area contributed by atoms with Crippen LogP contribution in [0.4, 0.5) is 0 Å². The molecule has 100 valence electrons. The summed E-state index contributed by atoms with van der Waals surface area (Å²) in [4.78, 5) is 0. The lowest BCUT2D eigenvalue weighted by Crippen LogP contribution is -2.31. The van der Waals surface area contributed by atoms with Gasteiger partial charge in [-0.1, -0.05) is 31.4 Å². The fourth-order valence-electron chi connectivity index (χ4n) is 2.63. The molecule has 0 aromatic rings. The Labute approximate surface area is 107 Å². The molecule has 0 bridgehead atoms. The number of rotatable bonds is 7. The van der Waals surface area contributed by atoms with Crippen molar-refractivity contribution >= 4 is 0 Å². The van der Waals surface area contributed by atoms with E-state index in [1.165, 1.54) is 44.9 Å². The molecule has 2 nitrogen and oxygen atoms in total. The predicted octanol–water partition coefficient (Wildman–Crippen LogP) is 3.67. The predicted molar refractivity (Wildman–Crippen MR) is 74.4 cm³/mol. The van der Waals surface area contributed by atoms with Gasteiger partial charge in [0.1, 0.15) is 0 Å². The Balaban J connectivity index is 2.46. The highest BCUT2D eigenvalue weighted by molar-refractivity contribution is 5.11. The molecular formula is C15H29NO. The molecule has 1 N–H and O–H groups in total. The second-order valence-electron chi connectivity index (χ2n) is 4.98. The van der Waals surface area contributed by atoms with Crippen molar-refractivity contribution in [2.75, 3.05) is 20.3 Å². The molecule has 17 heavy (non-hydrogen) atoms. The molecule has 0 fully saturated rings. The van der Waals surface area contributed by atoms with Crippen molar-refractivity contribution in [1.29, 1.82) is 0 Å². The summed E-state index contributed by atoms with van der Waals surface area (Å²) in [7, 11) is 1.79. The summed E-state index contributed by atoms with van der Waals surface area (Å²) in [5, 5.41) is 3.64. The number of likely N-dealkylation sites (N-methyl/N-ethyl adjacent to an activating group) is 1. The third-order valence-electron chi connectivity index (χ3n) is 3.57. The molecule has 0 saturated carbocycles. The van der Waals surface area contributed by atoms with Gasteiger partial charge in [-0.05, 0) is 45.1 Å². The Bertz CT molecular complexity index is 213. The molecule has 1 unspecified atom stereocenters. The third-order valence-corrected chi connectivity index (χ3v) is 3.57. The zero-order valence-corrected chi connectivity index (χ0v) is 11.6. The minimum Gasteiger partial charge on any atom is -0.385 e. The van der Waals surface area contributed by atoms with E-state index < -0.39 is 0 Å². The molecule has 1 aliphatic rings. The Morgan fingerprint density at radius 3 is 2.88 bits per heavy atom. The van der Waals surface area contributed by atoms with E-state index in [-0.39, 0.29) is 0 Å². The number of hydrogen-bond donors (Lipinski definition) is 1. The van der Waals surface area contributed by atoms with Crippen LogP contribution in [0.1, 0.15) is 58.3 Å². The average molecular weight is 239 g/mol. The highest BCUT2D eigenvalue weighted by Crippen LogP contribution is 2.21. The van der Waals surface area contributed by atoms with Gasteiger partial charge in [0.05, 0.1) is 0 Å². The molecule has 0 spiro atoms. The first-order valence-electron chi connectivity index (χ1n) is 7.29. The molecule has 0 aromatic heterocycles. The van der Waals surface area contributed by atoms with Gasteiger partial charge in [0.2, 0.25) is 0 Å². The maximum absolute atomic E-state index is 5.16. The minimum absolute atomic E-state index is 0.591. The summed E-state index contributed by atoms with van der Waals surface area (Å²) in [6.45, 7) is 4.15. The molecule has 0 saturated heterocycles. The first-order valence-corrected chi connectivity index (χ1v) is 7.29. The lowest BCUT2D eigenvalue weighted by atomic mass is 9.92. The smallest absolute Gasteiger partial charge is 0.0462 e. The SMILES string of the molecule is CCNC(CCCOC)C1=CCCCCCC1. The summed E-state index contributed by atoms with van der Waals surface area (Å²) < 4.78 is 5.16. The van der Waals surface area contributed by atoms with Crippen LogP contribution in [0.15, 0.2) is 11.6 Å². The van der Waals surface area contributed by atoms with Crippen LogP contribution in [-0.4, -0.2) is 26.3 Å². The molecule has 0 aromatic carbocycles. The van der Waals surface area contributed by atoms with E-state index in [0.29, 0.717) is 6.04 Å². The van der Waals surface area contributed by atoms with Gasteiger partial charge in [-0.2, -0.15) is 0 Å². The van der Waals surface area contributed by atoms with Crippen molar-refractivity contribution in [3.05, 3.63) is 11.6 Å². The van der Waals surface area contributed by atoms with Gasteiger partial charge in [0.25, 0.3) is 0 Å². The largest absolute Gasteiger partial charge is 0.385 e. The van der Waals surface area contributed by atoms with E-state index in [0.717, 1.165) is 19.6 Å². The van der Waals surface area contributed by atoms with Crippen LogP contribution in [0.25, 0.3) is 0 Å². The molecule has 1 rings (SSSR count). The summed E-state index contributed by atoms with van der Waals surface area (Å²) in [6.07, 6.45) is 13.0. The summed E-state index contributed by atoms with van der Waals surface area (Å²) in [5.41, 5.74) is 1.66. The number of ether oxygens (including phenoxy) is 1. The molecule has 1 atom stereocenters. The van der Waals surface area contributed by atoms with Crippen LogP contribution >= 0.6 is 0 Å². The lowest BCUT2D eigenvalue weighted by molar-refractivity contribution is 0.190. The van der Waals surface area contributed by atoms with Crippen molar-refractivity contribution in [3.63, 3.8) is 0 Å². The fourth-order valence-corrected chi connectivity index (χ4v) is 2.63. The van der Waals surface area contributed by atoms with Crippen LogP contribution in [-0.2, 0) is 4.74 Å². The first-order chi connectivity index (χ1) is 8.38. The van der Waals surface area contributed by atoms with Crippen molar-refractivity contribution in [1.82, 2.24) is 5.32 Å². The van der Waals surface area contributed by atoms with Crippen molar-refractivity contribution < 1.29 is 4.74 Å². The molecule has 0 aliphatic heterocycles. The van der Waals surface area contributed by atoms with Crippen molar-refractivity contribution in [3.8, 4) is 0 Å². The second-order valence-corrected chi connectivity index (χ2v) is 4.98. The highest BCUT2D eigenvalue weighted by Gasteiger charge is 2.13. The molecule has 2 heteroatoms.